The first kappa shape index (κ1) is 12.0. The topological polar surface area (TPSA) is 9.23 Å². The van der Waals surface area contributed by atoms with Crippen molar-refractivity contribution in [3.05, 3.63) is 0 Å². The van der Waals surface area contributed by atoms with E-state index in [1.165, 1.54) is 0 Å². The lowest BCUT2D eigenvalue weighted by Crippen LogP contribution is -2.14. The molecular weight excluding hydrogens is 193 g/mol. The molecule has 0 aromatic carbocycles. The van der Waals surface area contributed by atoms with Gasteiger partial charge in [0.25, 0.3) is 0 Å². The van der Waals surface area contributed by atoms with E-state index in [0.29, 0.717) is 12.5 Å². The van der Waals surface area contributed by atoms with Gasteiger partial charge in [0, 0.05) is 5.88 Å². The van der Waals surface area contributed by atoms with Crippen LogP contribution in [0.2, 0.25) is 0 Å². The smallest absolute Gasteiger partial charge is 0.381 e. The summed E-state index contributed by atoms with van der Waals surface area (Å²) in [5.41, 5.74) is 0. The molecule has 0 aromatic heterocycles. The van der Waals surface area contributed by atoms with Gasteiger partial charge in [-0.3, -0.25) is 0 Å². The molecule has 5 heteroatoms. The monoisotopic (exact) mass is 204 g/mol. The first-order valence-corrected chi connectivity index (χ1v) is 4.19. The lowest BCUT2D eigenvalue weighted by atomic mass is 10.2. The van der Waals surface area contributed by atoms with E-state index in [1.807, 2.05) is 6.92 Å². The van der Waals surface area contributed by atoms with Crippen molar-refractivity contribution >= 4 is 11.6 Å². The largest absolute Gasteiger partial charge is 0.391 e. The van der Waals surface area contributed by atoms with Gasteiger partial charge in [0.05, 0.1) is 19.6 Å². The number of hydrogen-bond acceptors (Lipinski definition) is 1. The van der Waals surface area contributed by atoms with E-state index < -0.39 is 12.6 Å². The summed E-state index contributed by atoms with van der Waals surface area (Å²) in [5.74, 6) is 0.520. The molecule has 0 radical (unpaired) electrons. The van der Waals surface area contributed by atoms with E-state index in [9.17, 15) is 13.2 Å². The van der Waals surface area contributed by atoms with Gasteiger partial charge in [-0.05, 0) is 5.92 Å². The van der Waals surface area contributed by atoms with Gasteiger partial charge in [-0.25, -0.2) is 0 Å². The normalized spacial score (nSPS) is 14.8. The number of halogens is 4. The van der Waals surface area contributed by atoms with Crippen molar-refractivity contribution in [2.45, 2.75) is 19.5 Å². The first-order valence-electron chi connectivity index (χ1n) is 3.66. The molecule has 1 nitrogen and oxygen atoms in total. The standard InChI is InChI=1S/C7H12ClF3O/c1-6(4-8)5-12-3-2-7(9,10)11/h6H,2-5H2,1H3. The van der Waals surface area contributed by atoms with Crippen LogP contribution in [0, 0.1) is 5.92 Å². The van der Waals surface area contributed by atoms with E-state index in [1.54, 1.807) is 0 Å². The zero-order valence-corrected chi connectivity index (χ0v) is 7.58. The summed E-state index contributed by atoms with van der Waals surface area (Å²) in [6.07, 6.45) is -5.01. The summed E-state index contributed by atoms with van der Waals surface area (Å²) >= 11 is 5.42. The Balaban J connectivity index is 3.22. The first-order chi connectivity index (χ1) is 5.45. The highest BCUT2D eigenvalue weighted by Gasteiger charge is 2.26. The Morgan fingerprint density at radius 3 is 2.42 bits per heavy atom. The minimum Gasteiger partial charge on any atom is -0.381 e. The second-order valence-corrected chi connectivity index (χ2v) is 3.01. The van der Waals surface area contributed by atoms with Crippen molar-refractivity contribution in [3.8, 4) is 0 Å². The second-order valence-electron chi connectivity index (χ2n) is 2.70. The highest BCUT2D eigenvalue weighted by atomic mass is 35.5. The molecule has 1 atom stereocenters. The lowest BCUT2D eigenvalue weighted by Gasteiger charge is -2.09. The van der Waals surface area contributed by atoms with Gasteiger partial charge < -0.3 is 4.74 Å². The molecule has 0 heterocycles. The van der Waals surface area contributed by atoms with Crippen molar-refractivity contribution in [3.63, 3.8) is 0 Å². The van der Waals surface area contributed by atoms with Gasteiger partial charge in [-0.2, -0.15) is 13.2 Å². The summed E-state index contributed by atoms with van der Waals surface area (Å²) < 4.78 is 39.4. The van der Waals surface area contributed by atoms with Crippen LogP contribution in [0.25, 0.3) is 0 Å². The zero-order chi connectivity index (χ0) is 9.61. The predicted molar refractivity (Wildman–Crippen MR) is 41.4 cm³/mol. The molecule has 12 heavy (non-hydrogen) atoms. The summed E-state index contributed by atoms with van der Waals surface area (Å²) in [5, 5.41) is 0. The van der Waals surface area contributed by atoms with Gasteiger partial charge in [-0.1, -0.05) is 6.92 Å². The number of rotatable bonds is 5. The van der Waals surface area contributed by atoms with Crippen LogP contribution < -0.4 is 0 Å². The van der Waals surface area contributed by atoms with E-state index >= 15 is 0 Å². The van der Waals surface area contributed by atoms with Gasteiger partial charge in [-0.15, -0.1) is 11.6 Å². The van der Waals surface area contributed by atoms with Crippen molar-refractivity contribution in [1.29, 1.82) is 0 Å². The fourth-order valence-corrected chi connectivity index (χ4v) is 0.606. The summed E-state index contributed by atoms with van der Waals surface area (Å²) in [6, 6.07) is 0. The molecule has 0 aromatic rings. The molecule has 1 unspecified atom stereocenters. The Bertz CT molecular complexity index is 116. The van der Waals surface area contributed by atoms with Crippen LogP contribution in [0.15, 0.2) is 0 Å². The SMILES string of the molecule is CC(CCl)COCCC(F)(F)F. The van der Waals surface area contributed by atoms with Gasteiger partial charge in [0.15, 0.2) is 0 Å². The third-order valence-corrected chi connectivity index (χ3v) is 1.72. The Hall–Kier alpha value is 0.0400. The lowest BCUT2D eigenvalue weighted by molar-refractivity contribution is -0.145. The van der Waals surface area contributed by atoms with Gasteiger partial charge in [0.2, 0.25) is 0 Å². The maximum atomic E-state index is 11.6. The Labute approximate surface area is 74.8 Å². The summed E-state index contributed by atoms with van der Waals surface area (Å²) in [6.45, 7) is 1.84. The van der Waals surface area contributed by atoms with Crippen molar-refractivity contribution in [2.75, 3.05) is 19.1 Å². The quantitative estimate of drug-likeness (QED) is 0.494. The van der Waals surface area contributed by atoms with E-state index in [0.717, 1.165) is 0 Å². The molecule has 74 valence electrons. The molecule has 0 rings (SSSR count). The maximum absolute atomic E-state index is 11.6. The Morgan fingerprint density at radius 2 is 2.00 bits per heavy atom. The van der Waals surface area contributed by atoms with Crippen LogP contribution in [0.4, 0.5) is 13.2 Å². The summed E-state index contributed by atoms with van der Waals surface area (Å²) in [7, 11) is 0. The molecule has 0 N–H and O–H groups in total. The summed E-state index contributed by atoms with van der Waals surface area (Å²) in [4.78, 5) is 0. The number of alkyl halides is 4. The highest BCUT2D eigenvalue weighted by molar-refractivity contribution is 6.18. The Kier molecular flexibility index (Phi) is 5.66. The molecular formula is C7H12ClF3O. The third-order valence-electron chi connectivity index (χ3n) is 1.20. The van der Waals surface area contributed by atoms with E-state index in [2.05, 4.69) is 0 Å². The van der Waals surface area contributed by atoms with Crippen molar-refractivity contribution < 1.29 is 17.9 Å². The van der Waals surface area contributed by atoms with Crippen LogP contribution in [-0.2, 0) is 4.74 Å². The van der Waals surface area contributed by atoms with Gasteiger partial charge >= 0.3 is 6.18 Å². The molecule has 0 fully saturated rings. The third kappa shape index (κ3) is 8.14. The van der Waals surface area contributed by atoms with Crippen LogP contribution in [0.1, 0.15) is 13.3 Å². The number of hydrogen-bond donors (Lipinski definition) is 0. The molecule has 0 aliphatic carbocycles. The van der Waals surface area contributed by atoms with Gasteiger partial charge in [0.1, 0.15) is 0 Å². The molecule has 0 aliphatic rings. The van der Waals surface area contributed by atoms with Crippen molar-refractivity contribution in [2.24, 2.45) is 5.92 Å². The minimum atomic E-state index is -4.12. The highest BCUT2D eigenvalue weighted by Crippen LogP contribution is 2.19. The molecule has 0 aliphatic heterocycles. The minimum absolute atomic E-state index is 0.111. The maximum Gasteiger partial charge on any atom is 0.391 e. The Morgan fingerprint density at radius 1 is 1.42 bits per heavy atom. The molecule has 0 amide bonds. The van der Waals surface area contributed by atoms with Crippen LogP contribution in [0.3, 0.4) is 0 Å². The second kappa shape index (κ2) is 5.65. The van der Waals surface area contributed by atoms with Crippen molar-refractivity contribution in [1.82, 2.24) is 0 Å². The molecule has 0 spiro atoms. The average Bonchev–Trinajstić information content (AvgIpc) is 1.96. The molecule has 0 saturated heterocycles. The molecule has 0 bridgehead atoms. The van der Waals surface area contributed by atoms with E-state index in [4.69, 9.17) is 16.3 Å². The van der Waals surface area contributed by atoms with Crippen LogP contribution >= 0.6 is 11.6 Å². The van der Waals surface area contributed by atoms with E-state index in [-0.39, 0.29) is 12.5 Å². The fraction of sp³-hybridized carbons (Fsp3) is 1.00. The zero-order valence-electron chi connectivity index (χ0n) is 6.83. The van der Waals surface area contributed by atoms with Crippen LogP contribution in [0.5, 0.6) is 0 Å². The van der Waals surface area contributed by atoms with Crippen LogP contribution in [-0.4, -0.2) is 25.3 Å². The fourth-order valence-electron chi connectivity index (χ4n) is 0.517. The predicted octanol–water partition coefficient (Wildman–Crippen LogP) is 2.83. The molecule has 0 saturated carbocycles. The number of ether oxygens (including phenoxy) is 1. The average molecular weight is 205 g/mol.